The van der Waals surface area contributed by atoms with E-state index in [9.17, 15) is 0 Å². The molecule has 0 aromatic heterocycles. The summed E-state index contributed by atoms with van der Waals surface area (Å²) >= 11 is 0. The van der Waals surface area contributed by atoms with Crippen molar-refractivity contribution in [1.82, 2.24) is 0 Å². The van der Waals surface area contributed by atoms with Crippen molar-refractivity contribution < 1.29 is 0 Å². The molecule has 8 aromatic rings. The van der Waals surface area contributed by atoms with Gasteiger partial charge in [0.1, 0.15) is 0 Å². The average Bonchev–Trinajstić information content (AvgIpc) is 3.95. The first-order chi connectivity index (χ1) is 31.9. The molecule has 1 heterocycles. The third kappa shape index (κ3) is 4.36. The maximum atomic E-state index is 2.82. The maximum absolute atomic E-state index is 2.82. The topological polar surface area (TPSA) is 3.24 Å². The summed E-state index contributed by atoms with van der Waals surface area (Å²) in [5, 5.41) is 0. The second-order valence-corrected chi connectivity index (χ2v) is 19.6. The van der Waals surface area contributed by atoms with Crippen LogP contribution in [-0.2, 0) is 10.8 Å². The number of benzene rings is 8. The second-order valence-electron chi connectivity index (χ2n) is 19.6. The van der Waals surface area contributed by atoms with Gasteiger partial charge in [0.05, 0.1) is 16.4 Å². The molecule has 0 radical (unpaired) electrons. The highest BCUT2D eigenvalue weighted by Gasteiger charge is 2.62. The van der Waals surface area contributed by atoms with Crippen LogP contribution < -0.4 is 4.90 Å². The van der Waals surface area contributed by atoms with Crippen molar-refractivity contribution in [1.29, 1.82) is 0 Å². The monoisotopic (exact) mass is 831 g/mol. The molecule has 0 saturated carbocycles. The Morgan fingerprint density at radius 2 is 0.938 bits per heavy atom. The van der Waals surface area contributed by atoms with Crippen molar-refractivity contribution in [2.75, 3.05) is 4.90 Å². The van der Waals surface area contributed by atoms with E-state index in [0.717, 1.165) is 0 Å². The number of nitrogens with zero attached hydrogens (tertiary/aromatic N) is 1. The fourth-order valence-corrected chi connectivity index (χ4v) is 14.8. The van der Waals surface area contributed by atoms with E-state index in [2.05, 4.69) is 239 Å². The van der Waals surface area contributed by atoms with Crippen LogP contribution >= 0.6 is 0 Å². The van der Waals surface area contributed by atoms with Gasteiger partial charge in [0, 0.05) is 34.7 Å². The van der Waals surface area contributed by atoms with Gasteiger partial charge in [-0.15, -0.1) is 0 Å². The van der Waals surface area contributed by atoms with Crippen LogP contribution in [-0.4, -0.2) is 5.54 Å². The number of rotatable bonds is 4. The normalized spacial score (nSPS) is 24.3. The molecule has 1 heteroatoms. The summed E-state index contributed by atoms with van der Waals surface area (Å²) in [6.07, 6.45) is 2.70. The van der Waals surface area contributed by atoms with Gasteiger partial charge in [-0.1, -0.05) is 214 Å². The molecule has 0 N–H and O–H groups in total. The number of fused-ring (bicyclic) bond motifs is 7. The molecule has 8 aromatic carbocycles. The van der Waals surface area contributed by atoms with Gasteiger partial charge in [0.2, 0.25) is 0 Å². The van der Waals surface area contributed by atoms with Crippen LogP contribution in [0.2, 0.25) is 0 Å². The van der Waals surface area contributed by atoms with Gasteiger partial charge < -0.3 is 4.90 Å². The SMILES string of the molecule is CC1C(c2ccccc2)=CC2(C)C3=C1C(C)C1=C(C3C)C3(c4ccccc41)c1ccccc1-c1cccc(c13)N2c1ccc2c(c1)C(c1ccccc1)(c1ccccc1)c1ccccc1-2. The predicted octanol–water partition coefficient (Wildman–Crippen LogP) is 15.4. The lowest BCUT2D eigenvalue weighted by Crippen LogP contribution is -2.53. The Morgan fingerprint density at radius 3 is 1.60 bits per heavy atom. The fourth-order valence-electron chi connectivity index (χ4n) is 14.8. The summed E-state index contributed by atoms with van der Waals surface area (Å²) in [7, 11) is 0. The van der Waals surface area contributed by atoms with Crippen LogP contribution in [0.1, 0.15) is 77.8 Å². The first kappa shape index (κ1) is 37.2. The summed E-state index contributed by atoms with van der Waals surface area (Å²) in [4.78, 5) is 2.82. The number of anilines is 2. The summed E-state index contributed by atoms with van der Waals surface area (Å²) in [5.74, 6) is 0.628. The second kappa shape index (κ2) is 13.0. The highest BCUT2D eigenvalue weighted by atomic mass is 15.2. The quantitative estimate of drug-likeness (QED) is 0.160. The summed E-state index contributed by atoms with van der Waals surface area (Å²) in [6, 6.07) is 76.5. The zero-order valence-corrected chi connectivity index (χ0v) is 37.3. The molecule has 6 aliphatic rings. The fraction of sp³-hybridized carbons (Fsp3) is 0.156. The predicted molar refractivity (Wildman–Crippen MR) is 268 cm³/mol. The number of allylic oxidation sites excluding steroid dienone is 4. The largest absolute Gasteiger partial charge is 0.328 e. The van der Waals surface area contributed by atoms with Crippen LogP contribution in [0.3, 0.4) is 0 Å². The molecule has 0 amide bonds. The van der Waals surface area contributed by atoms with E-state index >= 15 is 0 Å². The lowest BCUT2D eigenvalue weighted by atomic mass is 9.55. The van der Waals surface area contributed by atoms with Gasteiger partial charge in [-0.2, -0.15) is 0 Å². The molecule has 2 bridgehead atoms. The zero-order chi connectivity index (χ0) is 43.4. The Hall–Kier alpha value is -7.22. The molecule has 5 aliphatic carbocycles. The van der Waals surface area contributed by atoms with Crippen LogP contribution in [0.25, 0.3) is 33.4 Å². The average molecular weight is 832 g/mol. The van der Waals surface area contributed by atoms with Crippen LogP contribution in [0.5, 0.6) is 0 Å². The van der Waals surface area contributed by atoms with E-state index in [1.54, 1.807) is 22.3 Å². The molecule has 0 fully saturated rings. The molecule has 0 saturated heterocycles. The Balaban J connectivity index is 1.15. The molecule has 1 nitrogen and oxygen atoms in total. The Morgan fingerprint density at radius 1 is 0.415 bits per heavy atom. The lowest BCUT2D eigenvalue weighted by Gasteiger charge is -2.56. The van der Waals surface area contributed by atoms with E-state index in [4.69, 9.17) is 0 Å². The Bertz CT molecular complexity index is 3400. The van der Waals surface area contributed by atoms with Crippen molar-refractivity contribution in [3.8, 4) is 22.3 Å². The third-order valence-corrected chi connectivity index (χ3v) is 16.9. The van der Waals surface area contributed by atoms with Crippen molar-refractivity contribution in [3.05, 3.63) is 273 Å². The lowest BCUT2D eigenvalue weighted by molar-refractivity contribution is 0.483. The van der Waals surface area contributed by atoms with Gasteiger partial charge in [-0.05, 0) is 114 Å². The summed E-state index contributed by atoms with van der Waals surface area (Å²) in [6.45, 7) is 10.2. The molecule has 5 atom stereocenters. The first-order valence-electron chi connectivity index (χ1n) is 23.7. The maximum Gasteiger partial charge on any atom is 0.0833 e. The van der Waals surface area contributed by atoms with Crippen molar-refractivity contribution >= 4 is 22.5 Å². The van der Waals surface area contributed by atoms with Gasteiger partial charge in [-0.25, -0.2) is 0 Å². The van der Waals surface area contributed by atoms with Crippen molar-refractivity contribution in [2.45, 2.75) is 44.1 Å². The van der Waals surface area contributed by atoms with E-state index in [1.807, 2.05) is 0 Å². The standard InChI is InChI=1S/C64H49N/c1-39-51(42-21-8-5-9-22-42)38-62(4)59-41(3)60-58(40(2)57(39)59)50-29-16-19-33-54(50)64(60)53-32-18-15-28-47(53)49-30-20-34-56(61(49)64)65(62)45-35-36-48-46-27-14-17-31-52(46)63(55(48)37-45,43-23-10-6-11-24-43)44-25-12-7-13-26-44/h5-41H,1-4H3. The van der Waals surface area contributed by atoms with Gasteiger partial charge in [0.25, 0.3) is 0 Å². The zero-order valence-electron chi connectivity index (χ0n) is 37.3. The highest BCUT2D eigenvalue weighted by molar-refractivity contribution is 6.02. The van der Waals surface area contributed by atoms with E-state index in [1.165, 1.54) is 89.3 Å². The molecule has 5 unspecified atom stereocenters. The molecule has 310 valence electrons. The van der Waals surface area contributed by atoms with Crippen LogP contribution in [0.15, 0.2) is 223 Å². The van der Waals surface area contributed by atoms with E-state index < -0.39 is 16.4 Å². The highest BCUT2D eigenvalue weighted by Crippen LogP contribution is 2.72. The van der Waals surface area contributed by atoms with Gasteiger partial charge in [0.15, 0.2) is 0 Å². The minimum Gasteiger partial charge on any atom is -0.328 e. The third-order valence-electron chi connectivity index (χ3n) is 16.9. The molecule has 1 aliphatic heterocycles. The molecule has 65 heavy (non-hydrogen) atoms. The van der Waals surface area contributed by atoms with Gasteiger partial charge in [-0.3, -0.25) is 0 Å². The van der Waals surface area contributed by atoms with Crippen molar-refractivity contribution in [2.24, 2.45) is 17.8 Å². The summed E-state index contributed by atoms with van der Waals surface area (Å²) < 4.78 is 0. The Labute approximate surface area is 382 Å². The first-order valence-corrected chi connectivity index (χ1v) is 23.7. The molecule has 14 rings (SSSR count). The minimum absolute atomic E-state index is 0.172. The van der Waals surface area contributed by atoms with Crippen LogP contribution in [0, 0.1) is 17.8 Å². The Kier molecular flexibility index (Phi) is 7.41. The minimum atomic E-state index is -0.536. The van der Waals surface area contributed by atoms with E-state index in [-0.39, 0.29) is 17.8 Å². The van der Waals surface area contributed by atoms with E-state index in [0.29, 0.717) is 0 Å². The molecular weight excluding hydrogens is 783 g/mol. The van der Waals surface area contributed by atoms with Crippen LogP contribution in [0.4, 0.5) is 11.4 Å². The molecule has 1 spiro atoms. The van der Waals surface area contributed by atoms with Gasteiger partial charge >= 0.3 is 0 Å². The van der Waals surface area contributed by atoms with Crippen molar-refractivity contribution in [3.63, 3.8) is 0 Å². The summed E-state index contributed by atoms with van der Waals surface area (Å²) in [5.41, 5.74) is 26.2. The number of hydrogen-bond acceptors (Lipinski definition) is 1. The smallest absolute Gasteiger partial charge is 0.0833 e. The number of hydrogen-bond donors (Lipinski definition) is 0. The molecular formula is C64H49N.